The molecule has 3 heterocycles. The number of rotatable bonds is 8. The zero-order chi connectivity index (χ0) is 29.1. The zero-order valence-corrected chi connectivity index (χ0v) is 24.0. The van der Waals surface area contributed by atoms with Gasteiger partial charge in [0.05, 0.1) is 12.1 Å². The van der Waals surface area contributed by atoms with E-state index in [4.69, 9.17) is 0 Å². The smallest absolute Gasteiger partial charge is 0.333 e. The number of hydrogen-bond donors (Lipinski definition) is 3. The number of urea groups is 1. The summed E-state index contributed by atoms with van der Waals surface area (Å²) in [5.74, 6) is -2.16. The van der Waals surface area contributed by atoms with Gasteiger partial charge in [-0.3, -0.25) is 9.59 Å². The number of amides is 4. The van der Waals surface area contributed by atoms with E-state index >= 15 is 4.39 Å². The van der Waals surface area contributed by atoms with Crippen LogP contribution in [0.15, 0.2) is 52.7 Å². The first-order valence-corrected chi connectivity index (χ1v) is 15.6. The topological polar surface area (TPSA) is 128 Å². The molecule has 3 aromatic rings. The number of carbonyl (C=O) groups is 3. The highest BCUT2D eigenvalue weighted by atomic mass is 32.2. The Morgan fingerprint density at radius 1 is 1.00 bits per heavy atom. The van der Waals surface area contributed by atoms with Crippen LogP contribution in [0.2, 0.25) is 0 Å². The Morgan fingerprint density at radius 2 is 1.76 bits per heavy atom. The standard InChI is InChI=1S/C28H30FN5O5S2/c1-18-5-10-26(40-18)41(38,39)32-28(37)31-21-7-9-24(23(29)17-21)34-25(35)16-19-15-20(6-8-22(19)27(34)36)30-11-14-33-12-3-2-4-13-33/h5-10,15,17,30H,2-4,11-14,16H2,1H3,(H2,31,32,37). The van der Waals surface area contributed by atoms with Crippen molar-refractivity contribution in [2.24, 2.45) is 0 Å². The lowest BCUT2D eigenvalue weighted by Crippen LogP contribution is -2.43. The summed E-state index contributed by atoms with van der Waals surface area (Å²) >= 11 is 1.00. The van der Waals surface area contributed by atoms with Crippen molar-refractivity contribution in [2.75, 3.05) is 41.7 Å². The molecule has 0 unspecified atom stereocenters. The van der Waals surface area contributed by atoms with Crippen LogP contribution >= 0.6 is 11.3 Å². The normalized spacial score (nSPS) is 15.9. The SMILES string of the molecule is Cc1ccc(S(=O)(=O)NC(=O)Nc2ccc(N3C(=O)Cc4cc(NCCN5CCCCC5)ccc4C3=O)c(F)c2)s1. The molecule has 13 heteroatoms. The molecule has 1 fully saturated rings. The fourth-order valence-corrected chi connectivity index (χ4v) is 7.16. The van der Waals surface area contributed by atoms with Crippen LogP contribution in [-0.4, -0.2) is 57.3 Å². The van der Waals surface area contributed by atoms with Crippen molar-refractivity contribution < 1.29 is 27.2 Å². The van der Waals surface area contributed by atoms with Crippen LogP contribution in [0.4, 0.5) is 26.2 Å². The van der Waals surface area contributed by atoms with Crippen LogP contribution in [-0.2, 0) is 21.2 Å². The number of aryl methyl sites for hydroxylation is 1. The number of hydrogen-bond acceptors (Lipinski definition) is 8. The van der Waals surface area contributed by atoms with Gasteiger partial charge in [0.1, 0.15) is 10.0 Å². The van der Waals surface area contributed by atoms with E-state index in [0.29, 0.717) is 11.1 Å². The van der Waals surface area contributed by atoms with Crippen LogP contribution in [0, 0.1) is 12.7 Å². The molecule has 3 N–H and O–H groups in total. The maximum Gasteiger partial charge on any atom is 0.333 e. The third-order valence-corrected chi connectivity index (χ3v) is 9.81. The minimum Gasteiger partial charge on any atom is -0.384 e. The lowest BCUT2D eigenvalue weighted by molar-refractivity contribution is -0.117. The number of halogens is 1. The number of nitrogens with zero attached hydrogens (tertiary/aromatic N) is 2. The number of sulfonamides is 1. The monoisotopic (exact) mass is 599 g/mol. The molecule has 2 aliphatic heterocycles. The largest absolute Gasteiger partial charge is 0.384 e. The molecule has 2 aliphatic rings. The lowest BCUT2D eigenvalue weighted by Gasteiger charge is -2.28. The average molecular weight is 600 g/mol. The molecule has 0 atom stereocenters. The van der Waals surface area contributed by atoms with E-state index < -0.39 is 33.7 Å². The molecular weight excluding hydrogens is 569 g/mol. The van der Waals surface area contributed by atoms with Gasteiger partial charge in [0, 0.05) is 34.9 Å². The zero-order valence-electron chi connectivity index (χ0n) is 22.4. The molecule has 5 rings (SSSR count). The summed E-state index contributed by atoms with van der Waals surface area (Å²) in [7, 11) is -4.09. The number of fused-ring (bicyclic) bond motifs is 1. The Morgan fingerprint density at radius 3 is 2.46 bits per heavy atom. The molecule has 4 amide bonds. The van der Waals surface area contributed by atoms with E-state index in [1.54, 1.807) is 31.2 Å². The second kappa shape index (κ2) is 12.0. The summed E-state index contributed by atoms with van der Waals surface area (Å²) in [5, 5.41) is 5.62. The fourth-order valence-electron chi connectivity index (χ4n) is 4.97. The van der Waals surface area contributed by atoms with E-state index in [1.165, 1.54) is 37.5 Å². The molecule has 216 valence electrons. The van der Waals surface area contributed by atoms with E-state index in [9.17, 15) is 22.8 Å². The van der Waals surface area contributed by atoms with Gasteiger partial charge in [-0.1, -0.05) is 6.42 Å². The molecule has 0 aliphatic carbocycles. The van der Waals surface area contributed by atoms with E-state index in [-0.39, 0.29) is 22.0 Å². The summed E-state index contributed by atoms with van der Waals surface area (Å²) in [6.07, 6.45) is 3.63. The molecule has 1 saturated heterocycles. The van der Waals surface area contributed by atoms with Gasteiger partial charge in [0.25, 0.3) is 15.9 Å². The number of piperidine rings is 1. The first-order valence-electron chi connectivity index (χ1n) is 13.3. The van der Waals surface area contributed by atoms with Crippen molar-refractivity contribution in [3.8, 4) is 0 Å². The van der Waals surface area contributed by atoms with Gasteiger partial charge in [-0.2, -0.15) is 0 Å². The van der Waals surface area contributed by atoms with Crippen LogP contribution in [0.25, 0.3) is 0 Å². The van der Waals surface area contributed by atoms with Crippen molar-refractivity contribution in [1.82, 2.24) is 9.62 Å². The minimum atomic E-state index is -4.09. The highest BCUT2D eigenvalue weighted by Crippen LogP contribution is 2.30. The van der Waals surface area contributed by atoms with Gasteiger partial charge < -0.3 is 15.5 Å². The predicted molar refractivity (Wildman–Crippen MR) is 156 cm³/mol. The number of likely N-dealkylation sites (tertiary alicyclic amines) is 1. The molecule has 1 aromatic heterocycles. The minimum absolute atomic E-state index is 0.0329. The highest BCUT2D eigenvalue weighted by molar-refractivity contribution is 7.92. The Labute approximate surface area is 241 Å². The molecule has 41 heavy (non-hydrogen) atoms. The summed E-state index contributed by atoms with van der Waals surface area (Å²) < 4.78 is 41.7. The van der Waals surface area contributed by atoms with E-state index in [0.717, 1.165) is 59.0 Å². The van der Waals surface area contributed by atoms with Gasteiger partial charge in [0.15, 0.2) is 0 Å². The Bertz CT molecular complexity index is 1600. The van der Waals surface area contributed by atoms with Crippen LogP contribution < -0.4 is 20.3 Å². The molecule has 10 nitrogen and oxygen atoms in total. The van der Waals surface area contributed by atoms with Crippen molar-refractivity contribution >= 4 is 56.3 Å². The number of imide groups is 1. The molecule has 2 aromatic carbocycles. The van der Waals surface area contributed by atoms with Gasteiger partial charge in [-0.05, 0) is 86.9 Å². The Kier molecular flexibility index (Phi) is 8.38. The molecule has 0 radical (unpaired) electrons. The van der Waals surface area contributed by atoms with Gasteiger partial charge in [-0.15, -0.1) is 11.3 Å². The number of anilines is 3. The van der Waals surface area contributed by atoms with Crippen molar-refractivity contribution in [1.29, 1.82) is 0 Å². The maximum absolute atomic E-state index is 15.1. The lowest BCUT2D eigenvalue weighted by atomic mass is 9.97. The van der Waals surface area contributed by atoms with Gasteiger partial charge in [0.2, 0.25) is 5.91 Å². The van der Waals surface area contributed by atoms with Crippen LogP contribution in [0.5, 0.6) is 0 Å². The molecule has 0 spiro atoms. The molecular formula is C28H30FN5O5S2. The Hall–Kier alpha value is -3.81. The molecule has 0 saturated carbocycles. The third-order valence-electron chi connectivity index (χ3n) is 6.99. The van der Waals surface area contributed by atoms with Crippen molar-refractivity contribution in [3.05, 3.63) is 70.4 Å². The highest BCUT2D eigenvalue weighted by Gasteiger charge is 2.34. The second-order valence-electron chi connectivity index (χ2n) is 10.0. The van der Waals surface area contributed by atoms with E-state index in [1.807, 2.05) is 4.72 Å². The average Bonchev–Trinajstić information content (AvgIpc) is 3.37. The second-order valence-corrected chi connectivity index (χ2v) is 13.2. The summed E-state index contributed by atoms with van der Waals surface area (Å²) in [6.45, 7) is 5.59. The van der Waals surface area contributed by atoms with E-state index in [2.05, 4.69) is 15.5 Å². The summed E-state index contributed by atoms with van der Waals surface area (Å²) in [4.78, 5) is 42.4. The molecule has 0 bridgehead atoms. The quantitative estimate of drug-likeness (QED) is 0.329. The number of nitrogens with one attached hydrogen (secondary N) is 3. The summed E-state index contributed by atoms with van der Waals surface area (Å²) in [6, 6.07) is 10.5. The fraction of sp³-hybridized carbons (Fsp3) is 0.321. The van der Waals surface area contributed by atoms with Crippen molar-refractivity contribution in [3.63, 3.8) is 0 Å². The Balaban J connectivity index is 1.23. The van der Waals surface area contributed by atoms with Gasteiger partial charge >= 0.3 is 6.03 Å². The number of thiophene rings is 1. The number of carbonyl (C=O) groups excluding carboxylic acids is 3. The van der Waals surface area contributed by atoms with Crippen LogP contribution in [0.3, 0.4) is 0 Å². The third kappa shape index (κ3) is 6.58. The number of benzene rings is 2. The predicted octanol–water partition coefficient (Wildman–Crippen LogP) is 4.33. The first kappa shape index (κ1) is 28.7. The first-order chi connectivity index (χ1) is 19.6. The van der Waals surface area contributed by atoms with Gasteiger partial charge in [-0.25, -0.2) is 27.2 Å². The van der Waals surface area contributed by atoms with Crippen LogP contribution in [0.1, 0.15) is 40.1 Å². The maximum atomic E-state index is 15.1. The summed E-state index contributed by atoms with van der Waals surface area (Å²) in [5.41, 5.74) is 1.37. The van der Waals surface area contributed by atoms with Crippen molar-refractivity contribution in [2.45, 2.75) is 36.8 Å².